The summed E-state index contributed by atoms with van der Waals surface area (Å²) in [6.45, 7) is 9.43. The molecule has 1 aromatic rings. The molecule has 1 atom stereocenters. The van der Waals surface area contributed by atoms with E-state index in [0.29, 0.717) is 6.04 Å². The maximum atomic E-state index is 3.67. The number of nitrogens with one attached hydrogen (secondary N) is 1. The Morgan fingerprint density at radius 2 is 2.06 bits per heavy atom. The van der Waals surface area contributed by atoms with Crippen LogP contribution in [0.4, 0.5) is 0 Å². The van der Waals surface area contributed by atoms with Gasteiger partial charge in [0.25, 0.3) is 0 Å². The van der Waals surface area contributed by atoms with Crippen LogP contribution in [0.25, 0.3) is 0 Å². The van der Waals surface area contributed by atoms with Crippen LogP contribution in [0.1, 0.15) is 25.8 Å². The molecule has 0 spiro atoms. The van der Waals surface area contributed by atoms with E-state index in [0.717, 1.165) is 5.92 Å². The summed E-state index contributed by atoms with van der Waals surface area (Å²) < 4.78 is 0. The van der Waals surface area contributed by atoms with Crippen LogP contribution < -0.4 is 5.32 Å². The topological polar surface area (TPSA) is 15.3 Å². The molecule has 2 heteroatoms. The number of hydrogen-bond acceptors (Lipinski definition) is 2. The lowest BCUT2D eigenvalue weighted by atomic mass is 10.0. The zero-order chi connectivity index (χ0) is 12.8. The highest BCUT2D eigenvalue weighted by Gasteiger charge is 2.19. The molecular formula is C16H26N2. The molecule has 1 aromatic carbocycles. The summed E-state index contributed by atoms with van der Waals surface area (Å²) in [5, 5.41) is 3.67. The molecule has 1 unspecified atom stereocenters. The second kappa shape index (κ2) is 6.91. The van der Waals surface area contributed by atoms with Gasteiger partial charge in [0.2, 0.25) is 0 Å². The quantitative estimate of drug-likeness (QED) is 0.878. The van der Waals surface area contributed by atoms with Gasteiger partial charge < -0.3 is 10.2 Å². The van der Waals surface area contributed by atoms with Gasteiger partial charge in [-0.2, -0.15) is 0 Å². The number of nitrogens with zero attached hydrogens (tertiary/aromatic N) is 1. The predicted molar refractivity (Wildman–Crippen MR) is 77.8 cm³/mol. The van der Waals surface area contributed by atoms with E-state index in [1.165, 1.54) is 44.6 Å². The number of rotatable bonds is 4. The molecule has 1 fully saturated rings. The normalized spacial score (nSPS) is 22.1. The molecule has 2 nitrogen and oxygen atoms in total. The molecule has 1 saturated heterocycles. The minimum absolute atomic E-state index is 0.656. The third kappa shape index (κ3) is 4.11. The third-order valence-electron chi connectivity index (χ3n) is 3.88. The summed E-state index contributed by atoms with van der Waals surface area (Å²) >= 11 is 0. The third-order valence-corrected chi connectivity index (χ3v) is 3.88. The first-order valence-corrected chi connectivity index (χ1v) is 7.25. The Hall–Kier alpha value is -0.860. The molecule has 0 saturated carbocycles. The average Bonchev–Trinajstić information content (AvgIpc) is 2.63. The lowest BCUT2D eigenvalue weighted by Gasteiger charge is -2.26. The standard InChI is InChI=1S/C16H26N2/c1-14(2)16-13-18(11-6-10-17-16)12-9-15-7-4-3-5-8-15/h3-5,7-8,14,16-17H,6,9-13H2,1-2H3. The van der Waals surface area contributed by atoms with Gasteiger partial charge in [0.05, 0.1) is 0 Å². The fraction of sp³-hybridized carbons (Fsp3) is 0.625. The Bertz CT molecular complexity index is 334. The molecule has 0 bridgehead atoms. The van der Waals surface area contributed by atoms with Crippen LogP contribution in [-0.2, 0) is 6.42 Å². The van der Waals surface area contributed by atoms with Crippen LogP contribution in [-0.4, -0.2) is 37.1 Å². The van der Waals surface area contributed by atoms with Crippen molar-refractivity contribution in [2.75, 3.05) is 26.2 Å². The lowest BCUT2D eigenvalue weighted by molar-refractivity contribution is 0.248. The van der Waals surface area contributed by atoms with Crippen LogP contribution in [0.2, 0.25) is 0 Å². The largest absolute Gasteiger partial charge is 0.312 e. The monoisotopic (exact) mass is 246 g/mol. The number of hydrogen-bond donors (Lipinski definition) is 1. The van der Waals surface area contributed by atoms with Crippen molar-refractivity contribution in [3.63, 3.8) is 0 Å². The van der Waals surface area contributed by atoms with E-state index in [9.17, 15) is 0 Å². The summed E-state index contributed by atoms with van der Waals surface area (Å²) in [6, 6.07) is 11.5. The maximum Gasteiger partial charge on any atom is 0.0217 e. The molecule has 0 amide bonds. The van der Waals surface area contributed by atoms with Gasteiger partial charge in [-0.15, -0.1) is 0 Å². The van der Waals surface area contributed by atoms with E-state index in [1.807, 2.05) is 0 Å². The maximum absolute atomic E-state index is 3.67. The summed E-state index contributed by atoms with van der Waals surface area (Å²) in [5.74, 6) is 0.724. The first kappa shape index (κ1) is 13.6. The average molecular weight is 246 g/mol. The van der Waals surface area contributed by atoms with Crippen molar-refractivity contribution >= 4 is 0 Å². The molecule has 0 aromatic heterocycles. The smallest absolute Gasteiger partial charge is 0.0217 e. The van der Waals surface area contributed by atoms with E-state index in [2.05, 4.69) is 54.4 Å². The predicted octanol–water partition coefficient (Wildman–Crippen LogP) is 2.55. The fourth-order valence-electron chi connectivity index (χ4n) is 2.61. The Kier molecular flexibility index (Phi) is 5.21. The van der Waals surface area contributed by atoms with E-state index >= 15 is 0 Å². The summed E-state index contributed by atoms with van der Waals surface area (Å²) in [4.78, 5) is 2.62. The van der Waals surface area contributed by atoms with Crippen molar-refractivity contribution in [1.29, 1.82) is 0 Å². The SMILES string of the molecule is CC(C)C1CN(CCc2ccccc2)CCCN1. The Morgan fingerprint density at radius 1 is 1.28 bits per heavy atom. The van der Waals surface area contributed by atoms with Crippen molar-refractivity contribution in [2.24, 2.45) is 5.92 Å². The van der Waals surface area contributed by atoms with Gasteiger partial charge in [0.1, 0.15) is 0 Å². The first-order chi connectivity index (χ1) is 8.75. The molecule has 1 heterocycles. The zero-order valence-corrected chi connectivity index (χ0v) is 11.7. The van der Waals surface area contributed by atoms with Crippen molar-refractivity contribution in [3.05, 3.63) is 35.9 Å². The van der Waals surface area contributed by atoms with E-state index < -0.39 is 0 Å². The van der Waals surface area contributed by atoms with Crippen LogP contribution in [0.15, 0.2) is 30.3 Å². The van der Waals surface area contributed by atoms with Gasteiger partial charge in [-0.1, -0.05) is 44.2 Å². The highest BCUT2D eigenvalue weighted by atomic mass is 15.2. The van der Waals surface area contributed by atoms with Crippen LogP contribution in [0.5, 0.6) is 0 Å². The van der Waals surface area contributed by atoms with Gasteiger partial charge >= 0.3 is 0 Å². The Labute approximate surface area is 111 Å². The van der Waals surface area contributed by atoms with Gasteiger partial charge in [-0.25, -0.2) is 0 Å². The van der Waals surface area contributed by atoms with Gasteiger partial charge in [0.15, 0.2) is 0 Å². The highest BCUT2D eigenvalue weighted by Crippen LogP contribution is 2.10. The molecular weight excluding hydrogens is 220 g/mol. The Morgan fingerprint density at radius 3 is 2.78 bits per heavy atom. The zero-order valence-electron chi connectivity index (χ0n) is 11.7. The number of benzene rings is 1. The van der Waals surface area contributed by atoms with Gasteiger partial charge in [0, 0.05) is 19.1 Å². The van der Waals surface area contributed by atoms with Crippen LogP contribution in [0.3, 0.4) is 0 Å². The molecule has 18 heavy (non-hydrogen) atoms. The molecule has 100 valence electrons. The van der Waals surface area contributed by atoms with Crippen molar-refractivity contribution in [1.82, 2.24) is 10.2 Å². The van der Waals surface area contributed by atoms with Crippen molar-refractivity contribution < 1.29 is 0 Å². The molecule has 1 N–H and O–H groups in total. The fourth-order valence-corrected chi connectivity index (χ4v) is 2.61. The first-order valence-electron chi connectivity index (χ1n) is 7.25. The second-order valence-corrected chi connectivity index (χ2v) is 5.69. The van der Waals surface area contributed by atoms with Gasteiger partial charge in [-0.05, 0) is 37.4 Å². The lowest BCUT2D eigenvalue weighted by Crippen LogP contribution is -2.41. The van der Waals surface area contributed by atoms with Crippen LogP contribution in [0, 0.1) is 5.92 Å². The summed E-state index contributed by atoms with van der Waals surface area (Å²) in [6.07, 6.45) is 2.45. The Balaban J connectivity index is 1.84. The van der Waals surface area contributed by atoms with Crippen molar-refractivity contribution in [3.8, 4) is 0 Å². The molecule has 0 radical (unpaired) electrons. The summed E-state index contributed by atoms with van der Waals surface area (Å²) in [5.41, 5.74) is 1.45. The molecule has 1 aliphatic heterocycles. The van der Waals surface area contributed by atoms with Crippen molar-refractivity contribution in [2.45, 2.75) is 32.7 Å². The summed E-state index contributed by atoms with van der Waals surface area (Å²) in [7, 11) is 0. The van der Waals surface area contributed by atoms with Gasteiger partial charge in [-0.3, -0.25) is 0 Å². The van der Waals surface area contributed by atoms with E-state index in [-0.39, 0.29) is 0 Å². The minimum atomic E-state index is 0.656. The second-order valence-electron chi connectivity index (χ2n) is 5.69. The molecule has 1 aliphatic rings. The van der Waals surface area contributed by atoms with Crippen LogP contribution >= 0.6 is 0 Å². The molecule has 2 rings (SSSR count). The minimum Gasteiger partial charge on any atom is -0.312 e. The van der Waals surface area contributed by atoms with E-state index in [1.54, 1.807) is 0 Å². The van der Waals surface area contributed by atoms with E-state index in [4.69, 9.17) is 0 Å². The highest BCUT2D eigenvalue weighted by molar-refractivity contribution is 5.14. The molecule has 0 aliphatic carbocycles.